The number of aliphatic hydroxyl groups is 1. The number of carbonyl (C=O) groups is 2. The van der Waals surface area contributed by atoms with Crippen LogP contribution < -0.4 is 0 Å². The number of halogens is 1. The first kappa shape index (κ1) is 13.8. The van der Waals surface area contributed by atoms with E-state index >= 15 is 0 Å². The minimum Gasteiger partial charge on any atom is -0.363 e. The molecule has 3 unspecified atom stereocenters. The van der Waals surface area contributed by atoms with Crippen LogP contribution in [0.1, 0.15) is 24.2 Å². The Hall–Kier alpha value is -1.63. The standard InChI is InChI=1S/C13H13FO5/c1-7(15)10-12(18-19-13(10,2)17)11(16)8-3-5-9(14)6-4-8/h3-6,10,12,17H,1-2H3. The van der Waals surface area contributed by atoms with Crippen LogP contribution in [0.15, 0.2) is 24.3 Å². The van der Waals surface area contributed by atoms with Gasteiger partial charge in [0.1, 0.15) is 17.5 Å². The maximum absolute atomic E-state index is 12.8. The van der Waals surface area contributed by atoms with Gasteiger partial charge >= 0.3 is 0 Å². The number of benzene rings is 1. The fourth-order valence-electron chi connectivity index (χ4n) is 2.10. The Morgan fingerprint density at radius 3 is 2.42 bits per heavy atom. The summed E-state index contributed by atoms with van der Waals surface area (Å²) in [6, 6.07) is 4.82. The van der Waals surface area contributed by atoms with Crippen LogP contribution >= 0.6 is 0 Å². The maximum Gasteiger partial charge on any atom is 0.209 e. The Labute approximate surface area is 108 Å². The molecular weight excluding hydrogens is 255 g/mol. The molecular formula is C13H13FO5. The molecule has 1 saturated heterocycles. The zero-order valence-electron chi connectivity index (χ0n) is 10.4. The fraction of sp³-hybridized carbons (Fsp3) is 0.385. The van der Waals surface area contributed by atoms with Crippen LogP contribution in [0.4, 0.5) is 4.39 Å². The first-order valence-electron chi connectivity index (χ1n) is 5.70. The van der Waals surface area contributed by atoms with Crippen molar-refractivity contribution in [1.82, 2.24) is 0 Å². The van der Waals surface area contributed by atoms with Crippen LogP contribution in [0, 0.1) is 11.7 Å². The van der Waals surface area contributed by atoms with Crippen LogP contribution in [0.5, 0.6) is 0 Å². The molecule has 3 atom stereocenters. The lowest BCUT2D eigenvalue weighted by Crippen LogP contribution is -2.42. The Balaban J connectivity index is 2.28. The van der Waals surface area contributed by atoms with Crippen molar-refractivity contribution in [1.29, 1.82) is 0 Å². The molecule has 1 fully saturated rings. The topological polar surface area (TPSA) is 72.8 Å². The monoisotopic (exact) mass is 268 g/mol. The van der Waals surface area contributed by atoms with E-state index in [1.54, 1.807) is 0 Å². The van der Waals surface area contributed by atoms with Crippen molar-refractivity contribution in [3.8, 4) is 0 Å². The molecule has 102 valence electrons. The molecule has 2 rings (SSSR count). The van der Waals surface area contributed by atoms with Gasteiger partial charge in [-0.3, -0.25) is 9.59 Å². The largest absolute Gasteiger partial charge is 0.363 e. The lowest BCUT2D eigenvalue weighted by atomic mass is 9.87. The number of ketones is 2. The summed E-state index contributed by atoms with van der Waals surface area (Å²) in [5.74, 6) is -4.42. The third-order valence-corrected chi connectivity index (χ3v) is 3.03. The summed E-state index contributed by atoms with van der Waals surface area (Å²) in [6.07, 6.45) is -1.24. The Kier molecular flexibility index (Phi) is 3.49. The Morgan fingerprint density at radius 1 is 1.32 bits per heavy atom. The molecule has 1 N–H and O–H groups in total. The van der Waals surface area contributed by atoms with E-state index in [1.807, 2.05) is 0 Å². The van der Waals surface area contributed by atoms with Gasteiger partial charge in [0.15, 0.2) is 11.9 Å². The SMILES string of the molecule is CC(=O)C1C(C(=O)c2ccc(F)cc2)OOC1(C)O. The molecule has 1 heterocycles. The Morgan fingerprint density at radius 2 is 1.89 bits per heavy atom. The highest BCUT2D eigenvalue weighted by Gasteiger charge is 2.53. The van der Waals surface area contributed by atoms with Crippen LogP contribution in [-0.2, 0) is 14.6 Å². The van der Waals surface area contributed by atoms with E-state index in [1.165, 1.54) is 26.0 Å². The highest BCUT2D eigenvalue weighted by Crippen LogP contribution is 2.34. The predicted octanol–water partition coefficient (Wildman–Crippen LogP) is 1.25. The number of hydrogen-bond donors (Lipinski definition) is 1. The van der Waals surface area contributed by atoms with Gasteiger partial charge in [-0.25, -0.2) is 9.28 Å². The van der Waals surface area contributed by atoms with Gasteiger partial charge in [0.25, 0.3) is 0 Å². The van der Waals surface area contributed by atoms with E-state index in [0.29, 0.717) is 0 Å². The summed E-state index contributed by atoms with van der Waals surface area (Å²) in [4.78, 5) is 33.1. The van der Waals surface area contributed by atoms with Gasteiger partial charge in [-0.1, -0.05) is 0 Å². The van der Waals surface area contributed by atoms with E-state index in [9.17, 15) is 19.1 Å². The van der Waals surface area contributed by atoms with Gasteiger partial charge in [0.2, 0.25) is 5.79 Å². The molecule has 1 aromatic carbocycles. The van der Waals surface area contributed by atoms with Crippen LogP contribution in [0.25, 0.3) is 0 Å². The summed E-state index contributed by atoms with van der Waals surface area (Å²) in [6.45, 7) is 2.49. The normalized spacial score (nSPS) is 30.3. The number of rotatable bonds is 3. The second kappa shape index (κ2) is 4.80. The minimum atomic E-state index is -1.85. The second-order valence-electron chi connectivity index (χ2n) is 4.61. The average molecular weight is 268 g/mol. The number of Topliss-reactive ketones (excluding diaryl/α,β-unsaturated/α-hetero) is 2. The molecule has 0 saturated carbocycles. The van der Waals surface area contributed by atoms with E-state index < -0.39 is 35.2 Å². The lowest BCUT2D eigenvalue weighted by Gasteiger charge is -2.20. The average Bonchev–Trinajstić information content (AvgIpc) is 2.65. The van der Waals surface area contributed by atoms with Gasteiger partial charge in [-0.05, 0) is 38.1 Å². The molecule has 0 bridgehead atoms. The number of carbonyl (C=O) groups excluding carboxylic acids is 2. The van der Waals surface area contributed by atoms with Gasteiger partial charge in [0, 0.05) is 5.56 Å². The van der Waals surface area contributed by atoms with Crippen molar-refractivity contribution in [2.24, 2.45) is 5.92 Å². The molecule has 1 aromatic rings. The lowest BCUT2D eigenvalue weighted by molar-refractivity contribution is -0.369. The van der Waals surface area contributed by atoms with Crippen molar-refractivity contribution in [3.63, 3.8) is 0 Å². The van der Waals surface area contributed by atoms with Crippen molar-refractivity contribution in [2.45, 2.75) is 25.7 Å². The molecule has 5 nitrogen and oxygen atoms in total. The first-order chi connectivity index (χ1) is 8.83. The summed E-state index contributed by atoms with van der Waals surface area (Å²) in [7, 11) is 0. The van der Waals surface area contributed by atoms with Crippen molar-refractivity contribution in [2.75, 3.05) is 0 Å². The van der Waals surface area contributed by atoms with Crippen molar-refractivity contribution >= 4 is 11.6 Å². The Bertz CT molecular complexity index is 508. The summed E-state index contributed by atoms with van der Waals surface area (Å²) >= 11 is 0. The quantitative estimate of drug-likeness (QED) is 0.659. The minimum absolute atomic E-state index is 0.180. The van der Waals surface area contributed by atoms with E-state index in [4.69, 9.17) is 4.89 Å². The third-order valence-electron chi connectivity index (χ3n) is 3.03. The van der Waals surface area contributed by atoms with E-state index in [2.05, 4.69) is 4.89 Å². The molecule has 1 aliphatic rings. The summed E-state index contributed by atoms with van der Waals surface area (Å²) in [5.41, 5.74) is 0.180. The molecule has 19 heavy (non-hydrogen) atoms. The van der Waals surface area contributed by atoms with Gasteiger partial charge in [0.05, 0.1) is 0 Å². The molecule has 0 aliphatic carbocycles. The molecule has 6 heteroatoms. The zero-order valence-corrected chi connectivity index (χ0v) is 10.4. The van der Waals surface area contributed by atoms with Crippen molar-refractivity contribution in [3.05, 3.63) is 35.6 Å². The molecule has 0 aromatic heterocycles. The molecule has 1 aliphatic heterocycles. The smallest absolute Gasteiger partial charge is 0.209 e. The van der Waals surface area contributed by atoms with Gasteiger partial charge in [-0.2, -0.15) is 4.89 Å². The second-order valence-corrected chi connectivity index (χ2v) is 4.61. The highest BCUT2D eigenvalue weighted by molar-refractivity contribution is 6.02. The predicted molar refractivity (Wildman–Crippen MR) is 61.5 cm³/mol. The summed E-state index contributed by atoms with van der Waals surface area (Å²) in [5, 5.41) is 9.85. The van der Waals surface area contributed by atoms with E-state index in [-0.39, 0.29) is 5.56 Å². The van der Waals surface area contributed by atoms with Gasteiger partial charge < -0.3 is 5.11 Å². The molecule has 0 amide bonds. The summed E-state index contributed by atoms with van der Waals surface area (Å²) < 4.78 is 12.8. The van der Waals surface area contributed by atoms with E-state index in [0.717, 1.165) is 12.1 Å². The zero-order chi connectivity index (χ0) is 14.2. The van der Waals surface area contributed by atoms with Crippen LogP contribution in [-0.4, -0.2) is 28.6 Å². The molecule has 0 spiro atoms. The third kappa shape index (κ3) is 2.56. The first-order valence-corrected chi connectivity index (χ1v) is 5.70. The van der Waals surface area contributed by atoms with Crippen LogP contribution in [0.2, 0.25) is 0 Å². The number of hydrogen-bond acceptors (Lipinski definition) is 5. The molecule has 0 radical (unpaired) electrons. The fourth-order valence-corrected chi connectivity index (χ4v) is 2.10. The van der Waals surface area contributed by atoms with Crippen LogP contribution in [0.3, 0.4) is 0 Å². The van der Waals surface area contributed by atoms with Crippen molar-refractivity contribution < 1.29 is 28.9 Å². The maximum atomic E-state index is 12.8. The van der Waals surface area contributed by atoms with Gasteiger partial charge in [-0.15, -0.1) is 0 Å². The highest BCUT2D eigenvalue weighted by atomic mass is 19.1.